The van der Waals surface area contributed by atoms with Crippen LogP contribution in [-0.4, -0.2) is 27.7 Å². The number of nitrogens with zero attached hydrogens (tertiary/aromatic N) is 4. The van der Waals surface area contributed by atoms with E-state index in [2.05, 4.69) is 25.8 Å². The molecule has 27 heavy (non-hydrogen) atoms. The zero-order valence-corrected chi connectivity index (χ0v) is 17.7. The third-order valence-electron chi connectivity index (χ3n) is 4.09. The molecule has 3 rings (SSSR count). The van der Waals surface area contributed by atoms with Gasteiger partial charge in [0.2, 0.25) is 0 Å². The van der Waals surface area contributed by atoms with E-state index in [9.17, 15) is 4.39 Å². The lowest BCUT2D eigenvalue weighted by atomic mass is 10.2. The van der Waals surface area contributed by atoms with Crippen molar-refractivity contribution < 1.29 is 8.91 Å². The van der Waals surface area contributed by atoms with Crippen molar-refractivity contribution in [3.8, 4) is 5.69 Å². The van der Waals surface area contributed by atoms with Gasteiger partial charge >= 0.3 is 0 Å². The van der Waals surface area contributed by atoms with Crippen LogP contribution in [0, 0.1) is 19.7 Å². The topological polar surface area (TPSA) is 80.3 Å². The van der Waals surface area contributed by atoms with Crippen LogP contribution in [0.15, 0.2) is 46.4 Å². The van der Waals surface area contributed by atoms with Gasteiger partial charge in [0.25, 0.3) is 0 Å². The molecule has 2 heterocycles. The first-order chi connectivity index (χ1) is 12.6. The minimum absolute atomic E-state index is 0. The Labute approximate surface area is 174 Å². The largest absolute Gasteiger partial charge is 0.361 e. The van der Waals surface area contributed by atoms with Crippen LogP contribution in [0.5, 0.6) is 0 Å². The molecule has 0 aliphatic carbocycles. The lowest BCUT2D eigenvalue weighted by molar-refractivity contribution is 0.392. The molecule has 0 spiro atoms. The van der Waals surface area contributed by atoms with E-state index in [4.69, 9.17) is 4.52 Å². The van der Waals surface area contributed by atoms with Gasteiger partial charge in [0.15, 0.2) is 5.96 Å². The number of benzene rings is 1. The van der Waals surface area contributed by atoms with Crippen LogP contribution < -0.4 is 10.6 Å². The number of aromatic nitrogens is 3. The van der Waals surface area contributed by atoms with Crippen LogP contribution >= 0.6 is 24.0 Å². The molecule has 3 aromatic rings. The van der Waals surface area contributed by atoms with E-state index in [-0.39, 0.29) is 29.8 Å². The van der Waals surface area contributed by atoms with Gasteiger partial charge in [0.1, 0.15) is 11.6 Å². The van der Waals surface area contributed by atoms with E-state index in [1.165, 1.54) is 6.07 Å². The molecule has 7 nitrogen and oxygen atoms in total. The molecule has 0 bridgehead atoms. The summed E-state index contributed by atoms with van der Waals surface area (Å²) in [5.41, 5.74) is 3.13. The van der Waals surface area contributed by atoms with Gasteiger partial charge in [-0.25, -0.2) is 9.37 Å². The van der Waals surface area contributed by atoms with E-state index < -0.39 is 0 Å². The number of hydrogen-bond acceptors (Lipinski definition) is 4. The zero-order chi connectivity index (χ0) is 18.5. The molecule has 0 radical (unpaired) electrons. The normalized spacial score (nSPS) is 11.2. The van der Waals surface area contributed by atoms with Crippen LogP contribution in [0.3, 0.4) is 0 Å². The van der Waals surface area contributed by atoms with Gasteiger partial charge < -0.3 is 19.7 Å². The van der Waals surface area contributed by atoms with E-state index >= 15 is 0 Å². The highest BCUT2D eigenvalue weighted by Gasteiger charge is 2.10. The van der Waals surface area contributed by atoms with Crippen LogP contribution in [0.1, 0.15) is 22.6 Å². The minimum Gasteiger partial charge on any atom is -0.361 e. The number of imidazole rings is 1. The molecule has 9 heteroatoms. The molecular formula is C18H22FIN6O. The fraction of sp³-hybridized carbons (Fsp3) is 0.278. The van der Waals surface area contributed by atoms with Crippen molar-refractivity contribution in [1.82, 2.24) is 25.3 Å². The van der Waals surface area contributed by atoms with Crippen molar-refractivity contribution in [3.63, 3.8) is 0 Å². The maximum Gasteiger partial charge on any atom is 0.191 e. The average Bonchev–Trinajstić information content (AvgIpc) is 3.26. The first-order valence-corrected chi connectivity index (χ1v) is 8.21. The first-order valence-electron chi connectivity index (χ1n) is 8.21. The Balaban J connectivity index is 0.00000261. The third kappa shape index (κ3) is 5.06. The molecule has 0 saturated carbocycles. The fourth-order valence-electron chi connectivity index (χ4n) is 2.60. The van der Waals surface area contributed by atoms with Crippen LogP contribution in [0.4, 0.5) is 4.39 Å². The quantitative estimate of drug-likeness (QED) is 0.331. The van der Waals surface area contributed by atoms with E-state index in [1.807, 2.05) is 19.9 Å². The smallest absolute Gasteiger partial charge is 0.191 e. The first kappa shape index (κ1) is 20.9. The number of rotatable bonds is 5. The van der Waals surface area contributed by atoms with Crippen molar-refractivity contribution >= 4 is 29.9 Å². The Morgan fingerprint density at radius 2 is 2.04 bits per heavy atom. The Morgan fingerprint density at radius 3 is 2.63 bits per heavy atom. The second-order valence-corrected chi connectivity index (χ2v) is 5.84. The van der Waals surface area contributed by atoms with Crippen molar-refractivity contribution in [1.29, 1.82) is 0 Å². The number of aliphatic imine (C=N–C) groups is 1. The van der Waals surface area contributed by atoms with Gasteiger partial charge in [-0.3, -0.25) is 4.99 Å². The van der Waals surface area contributed by atoms with Gasteiger partial charge in [0.05, 0.1) is 17.7 Å². The number of nitrogens with one attached hydrogen (secondary N) is 2. The highest BCUT2D eigenvalue weighted by Crippen LogP contribution is 2.15. The Morgan fingerprint density at radius 1 is 1.26 bits per heavy atom. The second kappa shape index (κ2) is 9.49. The average molecular weight is 484 g/mol. The van der Waals surface area contributed by atoms with E-state index in [0.717, 1.165) is 22.6 Å². The van der Waals surface area contributed by atoms with Crippen LogP contribution in [0.2, 0.25) is 0 Å². The fourth-order valence-corrected chi connectivity index (χ4v) is 2.60. The number of guanidine groups is 1. The predicted molar refractivity (Wildman–Crippen MR) is 112 cm³/mol. The summed E-state index contributed by atoms with van der Waals surface area (Å²) >= 11 is 0. The molecule has 2 aromatic heterocycles. The van der Waals surface area contributed by atoms with Crippen molar-refractivity contribution in [3.05, 3.63) is 65.3 Å². The predicted octanol–water partition coefficient (Wildman–Crippen LogP) is 3.10. The van der Waals surface area contributed by atoms with Crippen molar-refractivity contribution in [2.24, 2.45) is 4.99 Å². The highest BCUT2D eigenvalue weighted by atomic mass is 127. The Bertz CT molecular complexity index is 887. The molecule has 2 N–H and O–H groups in total. The molecule has 0 unspecified atom stereocenters. The Hall–Kier alpha value is -2.43. The van der Waals surface area contributed by atoms with Gasteiger partial charge in [-0.15, -0.1) is 24.0 Å². The Kier molecular flexibility index (Phi) is 7.34. The molecule has 0 amide bonds. The van der Waals surface area contributed by atoms with Gasteiger partial charge in [0, 0.05) is 38.1 Å². The lowest BCUT2D eigenvalue weighted by Crippen LogP contribution is -2.36. The SMILES string of the molecule is CN=C(NCc1ccc(-n2ccnc2)c(F)c1)NCc1c(C)noc1C.I. The summed E-state index contributed by atoms with van der Waals surface area (Å²) < 4.78 is 21.1. The zero-order valence-electron chi connectivity index (χ0n) is 15.4. The molecule has 0 aliphatic heterocycles. The molecule has 0 saturated heterocycles. The van der Waals surface area contributed by atoms with Gasteiger partial charge in [-0.05, 0) is 31.5 Å². The van der Waals surface area contributed by atoms with Gasteiger partial charge in [-0.2, -0.15) is 0 Å². The molecule has 0 fully saturated rings. The standard InChI is InChI=1S/C18H21FN6O.HI/c1-12-15(13(2)26-24-12)10-23-18(20-3)22-9-14-4-5-17(16(19)8-14)25-7-6-21-11-25;/h4-8,11H,9-10H2,1-3H3,(H2,20,22,23);1H. The second-order valence-electron chi connectivity index (χ2n) is 5.84. The molecule has 0 atom stereocenters. The third-order valence-corrected chi connectivity index (χ3v) is 4.09. The summed E-state index contributed by atoms with van der Waals surface area (Å²) in [6.07, 6.45) is 4.89. The lowest BCUT2D eigenvalue weighted by Gasteiger charge is -2.12. The van der Waals surface area contributed by atoms with Crippen LogP contribution in [-0.2, 0) is 13.1 Å². The summed E-state index contributed by atoms with van der Waals surface area (Å²) in [6, 6.07) is 5.10. The van der Waals surface area contributed by atoms with Crippen molar-refractivity contribution in [2.45, 2.75) is 26.9 Å². The van der Waals surface area contributed by atoms with E-state index in [1.54, 1.807) is 36.4 Å². The number of aryl methyl sites for hydroxylation is 2. The monoisotopic (exact) mass is 484 g/mol. The molecule has 0 aliphatic rings. The minimum atomic E-state index is -0.305. The molecular weight excluding hydrogens is 462 g/mol. The summed E-state index contributed by atoms with van der Waals surface area (Å²) in [5.74, 6) is 1.09. The summed E-state index contributed by atoms with van der Waals surface area (Å²) in [7, 11) is 1.69. The molecule has 144 valence electrons. The summed E-state index contributed by atoms with van der Waals surface area (Å²) in [5, 5.41) is 10.3. The highest BCUT2D eigenvalue weighted by molar-refractivity contribution is 14.0. The van der Waals surface area contributed by atoms with E-state index in [0.29, 0.717) is 24.7 Å². The summed E-state index contributed by atoms with van der Waals surface area (Å²) in [6.45, 7) is 4.77. The number of hydrogen-bond donors (Lipinski definition) is 2. The van der Waals surface area contributed by atoms with Crippen molar-refractivity contribution in [2.75, 3.05) is 7.05 Å². The maximum absolute atomic E-state index is 14.3. The maximum atomic E-state index is 14.3. The van der Waals surface area contributed by atoms with Gasteiger partial charge in [-0.1, -0.05) is 11.2 Å². The summed E-state index contributed by atoms with van der Waals surface area (Å²) in [4.78, 5) is 8.12. The number of halogens is 2. The molecule has 1 aromatic carbocycles. The van der Waals surface area contributed by atoms with Crippen LogP contribution in [0.25, 0.3) is 5.69 Å².